The first kappa shape index (κ1) is 19.7. The van der Waals surface area contributed by atoms with Crippen LogP contribution in [0, 0.1) is 0 Å². The van der Waals surface area contributed by atoms with Crippen molar-refractivity contribution in [3.8, 4) is 0 Å². The summed E-state index contributed by atoms with van der Waals surface area (Å²) in [6.07, 6.45) is 0. The lowest BCUT2D eigenvalue weighted by atomic mass is 10.2. The van der Waals surface area contributed by atoms with Gasteiger partial charge in [0.05, 0.1) is 18.8 Å². The fraction of sp³-hybridized carbons (Fsp3) is 0.533. The Balaban J connectivity index is 0.00000400. The van der Waals surface area contributed by atoms with Gasteiger partial charge in [0.2, 0.25) is 0 Å². The largest absolute Gasteiger partial charge is 0.460 e. The van der Waals surface area contributed by atoms with Gasteiger partial charge in [0, 0.05) is 12.2 Å². The molecule has 1 rings (SSSR count). The van der Waals surface area contributed by atoms with Crippen LogP contribution in [-0.4, -0.2) is 50.3 Å². The smallest absolute Gasteiger partial charge is 0.338 e. The molecule has 0 amide bonds. The number of esters is 1. The number of anilines is 1. The Bertz CT molecular complexity index is 394. The first-order valence-electron chi connectivity index (χ1n) is 7.00. The summed E-state index contributed by atoms with van der Waals surface area (Å²) in [5.41, 5.74) is 6.68. The number of hydrogen-bond donors (Lipinski definition) is 1. The van der Waals surface area contributed by atoms with Crippen molar-refractivity contribution in [2.75, 3.05) is 45.2 Å². The van der Waals surface area contributed by atoms with Crippen LogP contribution in [0.5, 0.6) is 0 Å². The number of nitrogens with two attached hydrogens (primary N) is 1. The maximum absolute atomic E-state index is 11.7. The zero-order chi connectivity index (χ0) is 14.8. The monoisotopic (exact) mass is 316 g/mol. The van der Waals surface area contributed by atoms with E-state index in [0.717, 1.165) is 19.6 Å². The molecular formula is C15H25ClN2O3. The predicted octanol–water partition coefficient (Wildman–Crippen LogP) is 2.21. The molecule has 0 unspecified atom stereocenters. The number of benzene rings is 1. The van der Waals surface area contributed by atoms with Crippen LogP contribution in [0.2, 0.25) is 0 Å². The molecule has 0 saturated heterocycles. The molecule has 0 aromatic heterocycles. The Morgan fingerprint density at radius 1 is 1.10 bits per heavy atom. The third-order valence-electron chi connectivity index (χ3n) is 3.05. The van der Waals surface area contributed by atoms with Crippen molar-refractivity contribution in [1.29, 1.82) is 0 Å². The van der Waals surface area contributed by atoms with Gasteiger partial charge in [0.1, 0.15) is 6.61 Å². The van der Waals surface area contributed by atoms with E-state index in [1.807, 2.05) is 0 Å². The van der Waals surface area contributed by atoms with Crippen LogP contribution in [0.25, 0.3) is 0 Å². The Hall–Kier alpha value is -1.30. The van der Waals surface area contributed by atoms with Crippen molar-refractivity contribution in [2.24, 2.45) is 0 Å². The second-order valence-electron chi connectivity index (χ2n) is 4.40. The lowest BCUT2D eigenvalue weighted by molar-refractivity contribution is 0.0286. The van der Waals surface area contributed by atoms with Gasteiger partial charge >= 0.3 is 5.97 Å². The fourth-order valence-corrected chi connectivity index (χ4v) is 1.73. The van der Waals surface area contributed by atoms with Gasteiger partial charge in [0.25, 0.3) is 0 Å². The molecule has 6 heteroatoms. The van der Waals surface area contributed by atoms with E-state index >= 15 is 0 Å². The van der Waals surface area contributed by atoms with Crippen molar-refractivity contribution in [3.63, 3.8) is 0 Å². The minimum atomic E-state index is -0.350. The van der Waals surface area contributed by atoms with Crippen LogP contribution in [0.3, 0.4) is 0 Å². The van der Waals surface area contributed by atoms with Gasteiger partial charge in [-0.05, 0) is 37.4 Å². The maximum Gasteiger partial charge on any atom is 0.338 e. The molecule has 1 aromatic carbocycles. The molecule has 2 N–H and O–H groups in total. The second-order valence-corrected chi connectivity index (χ2v) is 4.40. The Morgan fingerprint density at radius 2 is 1.71 bits per heavy atom. The molecule has 0 radical (unpaired) electrons. The van der Waals surface area contributed by atoms with Gasteiger partial charge in [-0.15, -0.1) is 12.4 Å². The normalized spacial score (nSPS) is 10.2. The number of halogens is 1. The lowest BCUT2D eigenvalue weighted by Crippen LogP contribution is -2.27. The van der Waals surface area contributed by atoms with Crippen molar-refractivity contribution in [1.82, 2.24) is 4.90 Å². The molecule has 0 spiro atoms. The number of nitrogens with zero attached hydrogens (tertiary/aromatic N) is 1. The summed E-state index contributed by atoms with van der Waals surface area (Å²) < 4.78 is 10.5. The van der Waals surface area contributed by atoms with Gasteiger partial charge in [0.15, 0.2) is 0 Å². The highest BCUT2D eigenvalue weighted by Crippen LogP contribution is 2.06. The molecule has 0 saturated carbocycles. The number of ether oxygens (including phenoxy) is 2. The van der Waals surface area contributed by atoms with Gasteiger partial charge in [-0.25, -0.2) is 4.79 Å². The van der Waals surface area contributed by atoms with Crippen LogP contribution < -0.4 is 5.73 Å². The standard InChI is InChI=1S/C15H24N2O3.ClH/c1-3-17(4-2)9-10-19-11-12-20-15(18)13-5-7-14(16)8-6-13;/h5-8H,3-4,9-12,16H2,1-2H3;1H. The van der Waals surface area contributed by atoms with Crippen molar-refractivity contribution in [2.45, 2.75) is 13.8 Å². The molecule has 0 aliphatic carbocycles. The SMILES string of the molecule is CCN(CC)CCOCCOC(=O)c1ccc(N)cc1.Cl. The van der Waals surface area contributed by atoms with E-state index in [-0.39, 0.29) is 25.0 Å². The van der Waals surface area contributed by atoms with E-state index in [2.05, 4.69) is 18.7 Å². The Labute approximate surface area is 132 Å². The zero-order valence-corrected chi connectivity index (χ0v) is 13.5. The van der Waals surface area contributed by atoms with Gasteiger partial charge in [-0.2, -0.15) is 0 Å². The number of rotatable bonds is 9. The molecule has 5 nitrogen and oxygen atoms in total. The lowest BCUT2D eigenvalue weighted by Gasteiger charge is -2.17. The molecule has 0 bridgehead atoms. The van der Waals surface area contributed by atoms with Crippen LogP contribution in [0.1, 0.15) is 24.2 Å². The van der Waals surface area contributed by atoms with Gasteiger partial charge in [-0.1, -0.05) is 13.8 Å². The van der Waals surface area contributed by atoms with E-state index in [1.54, 1.807) is 24.3 Å². The molecule has 0 aliphatic heterocycles. The number of likely N-dealkylation sites (N-methyl/N-ethyl adjacent to an activating group) is 1. The molecule has 0 heterocycles. The highest BCUT2D eigenvalue weighted by Gasteiger charge is 2.06. The number of hydrogen-bond acceptors (Lipinski definition) is 5. The second kappa shape index (κ2) is 11.4. The number of carbonyl (C=O) groups excluding carboxylic acids is 1. The molecule has 1 aromatic rings. The average molecular weight is 317 g/mol. The van der Waals surface area contributed by atoms with E-state index in [9.17, 15) is 4.79 Å². The number of carbonyl (C=O) groups is 1. The Morgan fingerprint density at radius 3 is 2.29 bits per heavy atom. The van der Waals surface area contributed by atoms with Crippen molar-refractivity contribution < 1.29 is 14.3 Å². The summed E-state index contributed by atoms with van der Waals surface area (Å²) in [6, 6.07) is 6.66. The highest BCUT2D eigenvalue weighted by molar-refractivity contribution is 5.89. The molecule has 0 fully saturated rings. The summed E-state index contributed by atoms with van der Waals surface area (Å²) in [5, 5.41) is 0. The highest BCUT2D eigenvalue weighted by atomic mass is 35.5. The summed E-state index contributed by atoms with van der Waals surface area (Å²) in [5.74, 6) is -0.350. The quantitative estimate of drug-likeness (QED) is 0.430. The van der Waals surface area contributed by atoms with Gasteiger partial charge in [-0.3, -0.25) is 0 Å². The fourth-order valence-electron chi connectivity index (χ4n) is 1.73. The topological polar surface area (TPSA) is 64.8 Å². The van der Waals surface area contributed by atoms with Crippen LogP contribution in [-0.2, 0) is 9.47 Å². The molecule has 120 valence electrons. The zero-order valence-electron chi connectivity index (χ0n) is 12.7. The van der Waals surface area contributed by atoms with Crippen LogP contribution in [0.4, 0.5) is 5.69 Å². The number of nitrogen functional groups attached to an aromatic ring is 1. The molecule has 0 atom stereocenters. The summed E-state index contributed by atoms with van der Waals surface area (Å²) >= 11 is 0. The third-order valence-corrected chi connectivity index (χ3v) is 3.05. The molecule has 21 heavy (non-hydrogen) atoms. The minimum Gasteiger partial charge on any atom is -0.460 e. The molecule has 0 aliphatic rings. The molecular weight excluding hydrogens is 292 g/mol. The van der Waals surface area contributed by atoms with E-state index in [1.165, 1.54) is 0 Å². The van der Waals surface area contributed by atoms with E-state index in [0.29, 0.717) is 24.5 Å². The Kier molecular flexibility index (Phi) is 10.7. The predicted molar refractivity (Wildman–Crippen MR) is 87.0 cm³/mol. The van der Waals surface area contributed by atoms with E-state index < -0.39 is 0 Å². The average Bonchev–Trinajstić information content (AvgIpc) is 2.47. The first-order chi connectivity index (χ1) is 9.67. The van der Waals surface area contributed by atoms with E-state index in [4.69, 9.17) is 15.2 Å². The minimum absolute atomic E-state index is 0. The summed E-state index contributed by atoms with van der Waals surface area (Å²) in [4.78, 5) is 13.9. The van der Waals surface area contributed by atoms with Gasteiger partial charge < -0.3 is 20.1 Å². The summed E-state index contributed by atoms with van der Waals surface area (Å²) in [6.45, 7) is 8.53. The first-order valence-corrected chi connectivity index (χ1v) is 7.00. The maximum atomic E-state index is 11.7. The third kappa shape index (κ3) is 7.90. The van der Waals surface area contributed by atoms with Crippen LogP contribution >= 0.6 is 12.4 Å². The van der Waals surface area contributed by atoms with Crippen molar-refractivity contribution in [3.05, 3.63) is 29.8 Å². The van der Waals surface area contributed by atoms with Crippen molar-refractivity contribution >= 4 is 24.1 Å². The van der Waals surface area contributed by atoms with Crippen LogP contribution in [0.15, 0.2) is 24.3 Å². The summed E-state index contributed by atoms with van der Waals surface area (Å²) in [7, 11) is 0.